The van der Waals surface area contributed by atoms with Crippen molar-refractivity contribution in [1.29, 1.82) is 0 Å². The van der Waals surface area contributed by atoms with Gasteiger partial charge in [0.1, 0.15) is 0 Å². The standard InChI is InChI=1S/C22H25N3O2/c1-24(18-10-6-3-7-11-18)19-12-14-25(15-13-19)22(26)21-16-20(23-27-21)17-8-4-2-5-9-17/h2-11,19,21H,12-16H2,1H3/t21-/m0/s1. The molecule has 0 unspecified atom stereocenters. The van der Waals surface area contributed by atoms with Crippen molar-refractivity contribution < 1.29 is 9.63 Å². The summed E-state index contributed by atoms with van der Waals surface area (Å²) in [6.45, 7) is 1.53. The van der Waals surface area contributed by atoms with E-state index in [1.165, 1.54) is 5.69 Å². The Bertz CT molecular complexity index is 799. The van der Waals surface area contributed by atoms with Gasteiger partial charge >= 0.3 is 0 Å². The molecule has 27 heavy (non-hydrogen) atoms. The zero-order chi connectivity index (χ0) is 18.6. The van der Waals surface area contributed by atoms with Crippen LogP contribution in [0.3, 0.4) is 0 Å². The number of carbonyl (C=O) groups is 1. The maximum Gasteiger partial charge on any atom is 0.266 e. The van der Waals surface area contributed by atoms with Crippen molar-refractivity contribution in [1.82, 2.24) is 4.90 Å². The van der Waals surface area contributed by atoms with Crippen LogP contribution in [-0.4, -0.2) is 48.8 Å². The molecular weight excluding hydrogens is 338 g/mol. The number of para-hydroxylation sites is 1. The summed E-state index contributed by atoms with van der Waals surface area (Å²) in [6, 6.07) is 20.8. The van der Waals surface area contributed by atoms with Crippen molar-refractivity contribution in [2.24, 2.45) is 5.16 Å². The van der Waals surface area contributed by atoms with Gasteiger partial charge in [0.25, 0.3) is 5.91 Å². The number of piperidine rings is 1. The van der Waals surface area contributed by atoms with Crippen LogP contribution in [-0.2, 0) is 9.63 Å². The Morgan fingerprint density at radius 1 is 1.04 bits per heavy atom. The normalized spacial score (nSPS) is 20.1. The van der Waals surface area contributed by atoms with E-state index in [9.17, 15) is 4.79 Å². The summed E-state index contributed by atoms with van der Waals surface area (Å²) < 4.78 is 0. The maximum absolute atomic E-state index is 12.8. The van der Waals surface area contributed by atoms with Crippen LogP contribution in [0.1, 0.15) is 24.8 Å². The van der Waals surface area contributed by atoms with E-state index in [2.05, 4.69) is 41.4 Å². The van der Waals surface area contributed by atoms with Gasteiger partial charge < -0.3 is 14.6 Å². The van der Waals surface area contributed by atoms with E-state index in [1.54, 1.807) is 0 Å². The third kappa shape index (κ3) is 3.82. The Kier molecular flexibility index (Phi) is 5.10. The summed E-state index contributed by atoms with van der Waals surface area (Å²) in [5, 5.41) is 4.15. The molecule has 0 radical (unpaired) electrons. The third-order valence-electron chi connectivity index (χ3n) is 5.54. The molecule has 2 aliphatic rings. The topological polar surface area (TPSA) is 45.1 Å². The zero-order valence-electron chi connectivity index (χ0n) is 15.6. The van der Waals surface area contributed by atoms with Crippen LogP contribution in [0, 0.1) is 0 Å². The maximum atomic E-state index is 12.8. The highest BCUT2D eigenvalue weighted by Gasteiger charge is 2.34. The van der Waals surface area contributed by atoms with Crippen molar-refractivity contribution in [3.63, 3.8) is 0 Å². The van der Waals surface area contributed by atoms with E-state index in [-0.39, 0.29) is 5.91 Å². The molecule has 1 atom stereocenters. The number of anilines is 1. The molecule has 4 rings (SSSR count). The quantitative estimate of drug-likeness (QED) is 0.837. The van der Waals surface area contributed by atoms with Crippen molar-refractivity contribution in [3.8, 4) is 0 Å². The average molecular weight is 363 g/mol. The predicted octanol–water partition coefficient (Wildman–Crippen LogP) is 3.31. The van der Waals surface area contributed by atoms with Gasteiger partial charge in [-0.05, 0) is 30.5 Å². The van der Waals surface area contributed by atoms with E-state index in [4.69, 9.17) is 4.84 Å². The summed E-state index contributed by atoms with van der Waals surface area (Å²) in [7, 11) is 2.14. The number of rotatable bonds is 4. The Morgan fingerprint density at radius 2 is 1.67 bits per heavy atom. The highest BCUT2D eigenvalue weighted by Crippen LogP contribution is 2.24. The fourth-order valence-electron chi connectivity index (χ4n) is 3.86. The van der Waals surface area contributed by atoms with Gasteiger partial charge in [0.2, 0.25) is 6.10 Å². The minimum Gasteiger partial charge on any atom is -0.382 e. The molecule has 140 valence electrons. The number of oxime groups is 1. The van der Waals surface area contributed by atoms with Crippen LogP contribution in [0.15, 0.2) is 65.8 Å². The van der Waals surface area contributed by atoms with E-state index < -0.39 is 6.10 Å². The number of likely N-dealkylation sites (tertiary alicyclic amines) is 1. The highest BCUT2D eigenvalue weighted by molar-refractivity contribution is 6.04. The van der Waals surface area contributed by atoms with Gasteiger partial charge in [0.05, 0.1) is 5.71 Å². The Balaban J connectivity index is 1.31. The lowest BCUT2D eigenvalue weighted by Crippen LogP contribution is -2.48. The monoisotopic (exact) mass is 363 g/mol. The number of hydrogen-bond donors (Lipinski definition) is 0. The number of nitrogens with zero attached hydrogens (tertiary/aromatic N) is 3. The molecule has 0 N–H and O–H groups in total. The number of benzene rings is 2. The van der Waals surface area contributed by atoms with Crippen LogP contribution >= 0.6 is 0 Å². The molecular formula is C22H25N3O2. The summed E-state index contributed by atoms with van der Waals surface area (Å²) >= 11 is 0. The summed E-state index contributed by atoms with van der Waals surface area (Å²) in [4.78, 5) is 22.6. The molecule has 5 heteroatoms. The van der Waals surface area contributed by atoms with Crippen LogP contribution in [0.25, 0.3) is 0 Å². The molecule has 1 amide bonds. The summed E-state index contributed by atoms with van der Waals surface area (Å²) in [6.07, 6.45) is 2.00. The first-order valence-electron chi connectivity index (χ1n) is 9.57. The van der Waals surface area contributed by atoms with Gasteiger partial charge in [-0.2, -0.15) is 0 Å². The second-order valence-corrected chi connectivity index (χ2v) is 7.21. The molecule has 0 saturated carbocycles. The molecule has 0 spiro atoms. The molecule has 2 aliphatic heterocycles. The van der Waals surface area contributed by atoms with Gasteiger partial charge in [-0.15, -0.1) is 0 Å². The largest absolute Gasteiger partial charge is 0.382 e. The second kappa shape index (κ2) is 7.82. The van der Waals surface area contributed by atoms with Crippen molar-refractivity contribution in [3.05, 3.63) is 66.2 Å². The molecule has 2 aromatic carbocycles. The number of amides is 1. The smallest absolute Gasteiger partial charge is 0.266 e. The molecule has 1 fully saturated rings. The van der Waals surface area contributed by atoms with Gasteiger partial charge in [-0.1, -0.05) is 53.7 Å². The molecule has 2 heterocycles. The molecule has 2 aromatic rings. The van der Waals surface area contributed by atoms with Gasteiger partial charge in [-0.3, -0.25) is 4.79 Å². The van der Waals surface area contributed by atoms with E-state index in [0.29, 0.717) is 12.5 Å². The average Bonchev–Trinajstić information content (AvgIpc) is 3.24. The minimum atomic E-state index is -0.483. The van der Waals surface area contributed by atoms with E-state index in [1.807, 2.05) is 41.3 Å². The van der Waals surface area contributed by atoms with Gasteiger partial charge in [0, 0.05) is 38.3 Å². The van der Waals surface area contributed by atoms with Crippen LogP contribution in [0.2, 0.25) is 0 Å². The summed E-state index contributed by atoms with van der Waals surface area (Å²) in [5.41, 5.74) is 3.10. The first-order valence-corrected chi connectivity index (χ1v) is 9.57. The van der Waals surface area contributed by atoms with Gasteiger partial charge in [-0.25, -0.2) is 0 Å². The van der Waals surface area contributed by atoms with E-state index in [0.717, 1.165) is 37.2 Å². The molecule has 5 nitrogen and oxygen atoms in total. The Labute approximate surface area is 160 Å². The lowest BCUT2D eigenvalue weighted by Gasteiger charge is -2.38. The van der Waals surface area contributed by atoms with Crippen LogP contribution in [0.4, 0.5) is 5.69 Å². The van der Waals surface area contributed by atoms with Gasteiger partial charge in [0.15, 0.2) is 0 Å². The Hall–Kier alpha value is -2.82. The first kappa shape index (κ1) is 17.6. The SMILES string of the molecule is CN(c1ccccc1)C1CCN(C(=O)[C@@H]2CC(c3ccccc3)=NO2)CC1. The molecule has 0 aromatic heterocycles. The van der Waals surface area contributed by atoms with Crippen LogP contribution in [0.5, 0.6) is 0 Å². The van der Waals surface area contributed by atoms with E-state index >= 15 is 0 Å². The first-order chi connectivity index (χ1) is 13.2. The zero-order valence-corrected chi connectivity index (χ0v) is 15.6. The number of hydrogen-bond acceptors (Lipinski definition) is 4. The molecule has 0 bridgehead atoms. The lowest BCUT2D eigenvalue weighted by atomic mass is 10.0. The third-order valence-corrected chi connectivity index (χ3v) is 5.54. The Morgan fingerprint density at radius 3 is 2.33 bits per heavy atom. The van der Waals surface area contributed by atoms with Crippen molar-refractivity contribution in [2.75, 3.05) is 25.0 Å². The fraction of sp³-hybridized carbons (Fsp3) is 0.364. The second-order valence-electron chi connectivity index (χ2n) is 7.21. The fourth-order valence-corrected chi connectivity index (χ4v) is 3.86. The molecule has 0 aliphatic carbocycles. The molecule has 1 saturated heterocycles. The lowest BCUT2D eigenvalue weighted by molar-refractivity contribution is -0.143. The van der Waals surface area contributed by atoms with Crippen molar-refractivity contribution in [2.45, 2.75) is 31.4 Å². The number of carbonyl (C=O) groups excluding carboxylic acids is 1. The summed E-state index contributed by atoms with van der Waals surface area (Å²) in [5.74, 6) is 0.0606. The van der Waals surface area contributed by atoms with Crippen LogP contribution < -0.4 is 4.90 Å². The predicted molar refractivity (Wildman–Crippen MR) is 107 cm³/mol. The minimum absolute atomic E-state index is 0.0606. The van der Waals surface area contributed by atoms with Crippen molar-refractivity contribution >= 4 is 17.3 Å². The highest BCUT2D eigenvalue weighted by atomic mass is 16.6.